The lowest BCUT2D eigenvalue weighted by Crippen LogP contribution is -2.66. The van der Waals surface area contributed by atoms with Crippen LogP contribution in [0.4, 0.5) is 0 Å². The van der Waals surface area contributed by atoms with Gasteiger partial charge in [0.25, 0.3) is 8.32 Å². The van der Waals surface area contributed by atoms with Gasteiger partial charge in [-0.1, -0.05) is 160 Å². The van der Waals surface area contributed by atoms with Crippen LogP contribution in [0.1, 0.15) is 91.8 Å². The van der Waals surface area contributed by atoms with Crippen LogP contribution in [-0.2, 0) is 92.9 Å². The maximum absolute atomic E-state index is 13.0. The van der Waals surface area contributed by atoms with Gasteiger partial charge in [0.2, 0.25) is 0 Å². The maximum atomic E-state index is 13.0. The van der Waals surface area contributed by atoms with E-state index in [1.165, 1.54) is 10.4 Å². The first-order valence-electron chi connectivity index (χ1n) is 28.0. The Morgan fingerprint density at radius 1 is 0.537 bits per heavy atom. The summed E-state index contributed by atoms with van der Waals surface area (Å²) in [5, 5.41) is 11.7. The van der Waals surface area contributed by atoms with Gasteiger partial charge in [-0.3, -0.25) is 9.59 Å². The van der Waals surface area contributed by atoms with Gasteiger partial charge >= 0.3 is 11.9 Å². The van der Waals surface area contributed by atoms with E-state index in [0.717, 1.165) is 84.1 Å². The molecule has 0 saturated carbocycles. The van der Waals surface area contributed by atoms with Crippen LogP contribution in [0.5, 0.6) is 11.5 Å². The second-order valence-corrected chi connectivity index (χ2v) is 26.0. The fourth-order valence-electron chi connectivity index (χ4n) is 9.91. The second kappa shape index (κ2) is 31.7. The number of carboxylic acid groups (broad SMARTS) is 1. The molecule has 14 heteroatoms. The van der Waals surface area contributed by atoms with E-state index in [-0.39, 0.29) is 63.8 Å². The standard InChI is InChI=1S/C66H82O13Si/c1-65(2,3)80(58-14-8-6-9-15-58,59-16-10-7-11-17-59)79-41-37-53-23-29-56(30-24-53)45-75-49-66(50-78-63(69)34-33-62(67)68,48-74-44-55-27-21-52(22-28-55)36-40-77-64-18-12-13-38-76-64)47-73-43-54-25-19-51(20-26-54)35-39-72-46-57-31-32-60(70-4)61(42-57)71-5/h6-11,14-17,19-32,42,64H,12-13,18,33-41,43-50H2,1-5H3,(H,67,68). The van der Waals surface area contributed by atoms with Crippen LogP contribution in [0.3, 0.4) is 0 Å². The van der Waals surface area contributed by atoms with E-state index in [0.29, 0.717) is 44.5 Å². The molecule has 1 N–H and O–H groups in total. The summed E-state index contributed by atoms with van der Waals surface area (Å²) >= 11 is 0. The molecule has 6 aromatic rings. The Morgan fingerprint density at radius 2 is 1.01 bits per heavy atom. The number of carbonyl (C=O) groups excluding carboxylic acids is 1. The number of benzene rings is 6. The largest absolute Gasteiger partial charge is 0.493 e. The van der Waals surface area contributed by atoms with Crippen LogP contribution in [0.25, 0.3) is 0 Å². The number of esters is 1. The number of hydrogen-bond donors (Lipinski definition) is 1. The van der Waals surface area contributed by atoms with Crippen molar-refractivity contribution in [1.82, 2.24) is 0 Å². The minimum absolute atomic E-state index is 0.110. The third-order valence-corrected chi connectivity index (χ3v) is 19.4. The normalized spacial score (nSPS) is 14.5. The first kappa shape index (κ1) is 61.4. The summed E-state index contributed by atoms with van der Waals surface area (Å²) < 4.78 is 61.0. The first-order valence-corrected chi connectivity index (χ1v) is 29.9. The molecule has 1 aliphatic heterocycles. The molecule has 1 fully saturated rings. The average Bonchev–Trinajstić information content (AvgIpc) is 3.52. The smallest absolute Gasteiger partial charge is 0.306 e. The predicted molar refractivity (Wildman–Crippen MR) is 312 cm³/mol. The van der Waals surface area contributed by atoms with Crippen molar-refractivity contribution in [2.75, 3.05) is 67.1 Å². The lowest BCUT2D eigenvalue weighted by atomic mass is 9.92. The molecule has 1 aliphatic rings. The van der Waals surface area contributed by atoms with Crippen molar-refractivity contribution in [3.05, 3.63) is 191 Å². The van der Waals surface area contributed by atoms with Gasteiger partial charge in [-0.25, -0.2) is 0 Å². The van der Waals surface area contributed by atoms with Crippen LogP contribution in [0.15, 0.2) is 152 Å². The average molecular weight is 1110 g/mol. The molecule has 80 heavy (non-hydrogen) atoms. The molecular weight excluding hydrogens is 1030 g/mol. The lowest BCUT2D eigenvalue weighted by Gasteiger charge is -2.43. The minimum atomic E-state index is -2.68. The molecule has 6 aromatic carbocycles. The van der Waals surface area contributed by atoms with E-state index in [1.54, 1.807) is 14.2 Å². The zero-order valence-corrected chi connectivity index (χ0v) is 48.5. The highest BCUT2D eigenvalue weighted by atomic mass is 28.4. The topological polar surface area (TPSA) is 147 Å². The third-order valence-electron chi connectivity index (χ3n) is 14.4. The molecule has 0 amide bonds. The Labute approximate surface area is 474 Å². The van der Waals surface area contributed by atoms with E-state index < -0.39 is 25.7 Å². The summed E-state index contributed by atoms with van der Waals surface area (Å²) in [6, 6.07) is 52.0. The van der Waals surface area contributed by atoms with E-state index in [9.17, 15) is 14.7 Å². The van der Waals surface area contributed by atoms with E-state index in [2.05, 4.69) is 130 Å². The number of methoxy groups -OCH3 is 2. The minimum Gasteiger partial charge on any atom is -0.493 e. The Kier molecular flexibility index (Phi) is 24.3. The Balaban J connectivity index is 0.995. The zero-order chi connectivity index (χ0) is 56.5. The van der Waals surface area contributed by atoms with Crippen LogP contribution in [0.2, 0.25) is 5.04 Å². The summed E-state index contributed by atoms with van der Waals surface area (Å²) in [6.45, 7) is 10.9. The SMILES string of the molecule is COc1ccc(COCCc2ccc(COCC(COCc3ccc(CCOC4CCCCO4)cc3)(COCc3ccc(CCO[Si](c4ccccc4)(c4ccccc4)C(C)(C)C)cc3)COC(=O)CCC(=O)O)cc2)cc1OC. The van der Waals surface area contributed by atoms with Crippen molar-refractivity contribution < 1.29 is 61.8 Å². The maximum Gasteiger partial charge on any atom is 0.306 e. The quantitative estimate of drug-likeness (QED) is 0.0232. The number of carbonyl (C=O) groups is 2. The van der Waals surface area contributed by atoms with Crippen molar-refractivity contribution in [2.45, 2.75) is 110 Å². The Hall–Kier alpha value is -6.20. The van der Waals surface area contributed by atoms with Gasteiger partial charge in [0.05, 0.1) is 91.9 Å². The zero-order valence-electron chi connectivity index (χ0n) is 47.5. The summed E-state index contributed by atoms with van der Waals surface area (Å²) in [5.41, 5.74) is 6.37. The molecule has 0 radical (unpaired) electrons. The molecule has 1 heterocycles. The molecule has 428 valence electrons. The second-order valence-electron chi connectivity index (χ2n) is 21.7. The van der Waals surface area contributed by atoms with Gasteiger partial charge < -0.3 is 52.2 Å². The monoisotopic (exact) mass is 1110 g/mol. The highest BCUT2D eigenvalue weighted by Gasteiger charge is 2.50. The van der Waals surface area contributed by atoms with Gasteiger partial charge in [-0.2, -0.15) is 0 Å². The van der Waals surface area contributed by atoms with Gasteiger partial charge in [0.15, 0.2) is 17.8 Å². The third kappa shape index (κ3) is 19.0. The van der Waals surface area contributed by atoms with E-state index >= 15 is 0 Å². The molecule has 2 unspecified atom stereocenters. The van der Waals surface area contributed by atoms with Crippen LogP contribution in [-0.4, -0.2) is 98.7 Å². The Bertz CT molecular complexity index is 2700. The van der Waals surface area contributed by atoms with Crippen molar-refractivity contribution >= 4 is 30.6 Å². The number of rotatable bonds is 34. The van der Waals surface area contributed by atoms with Gasteiger partial charge in [0.1, 0.15) is 6.61 Å². The van der Waals surface area contributed by atoms with Crippen LogP contribution in [0, 0.1) is 5.41 Å². The summed E-state index contributed by atoms with van der Waals surface area (Å²) in [7, 11) is 0.550. The van der Waals surface area contributed by atoms with E-state index in [4.69, 9.17) is 47.1 Å². The highest BCUT2D eigenvalue weighted by Crippen LogP contribution is 2.37. The fraction of sp³-hybridized carbons (Fsp3) is 0.424. The first-order chi connectivity index (χ1) is 38.9. The predicted octanol–water partition coefficient (Wildman–Crippen LogP) is 11.0. The molecule has 1 saturated heterocycles. The number of ether oxygens (including phenoxy) is 9. The van der Waals surface area contributed by atoms with Gasteiger partial charge in [-0.15, -0.1) is 0 Å². The Morgan fingerprint density at radius 3 is 1.49 bits per heavy atom. The highest BCUT2D eigenvalue weighted by molar-refractivity contribution is 6.99. The molecule has 0 bridgehead atoms. The molecule has 0 aliphatic carbocycles. The fourth-order valence-corrected chi connectivity index (χ4v) is 14.5. The van der Waals surface area contributed by atoms with Crippen LogP contribution < -0.4 is 19.8 Å². The summed E-state index contributed by atoms with van der Waals surface area (Å²) in [5.74, 6) is -0.362. The molecule has 0 spiro atoms. The van der Waals surface area contributed by atoms with Crippen molar-refractivity contribution in [3.8, 4) is 11.5 Å². The lowest BCUT2D eigenvalue weighted by molar-refractivity contribution is -0.161. The molecule has 0 aromatic heterocycles. The molecule has 7 rings (SSSR count). The summed E-state index contributed by atoms with van der Waals surface area (Å²) in [4.78, 5) is 24.4. The molecule has 2 atom stereocenters. The number of carboxylic acids is 1. The molecule has 13 nitrogen and oxygen atoms in total. The van der Waals surface area contributed by atoms with Crippen molar-refractivity contribution in [2.24, 2.45) is 5.41 Å². The van der Waals surface area contributed by atoms with Crippen molar-refractivity contribution in [1.29, 1.82) is 0 Å². The van der Waals surface area contributed by atoms with E-state index in [1.807, 2.05) is 42.5 Å². The number of aliphatic carboxylic acids is 1. The van der Waals surface area contributed by atoms with Crippen molar-refractivity contribution in [3.63, 3.8) is 0 Å². The summed E-state index contributed by atoms with van der Waals surface area (Å²) in [6.07, 6.45) is 4.64. The number of hydrogen-bond acceptors (Lipinski definition) is 12. The molecular formula is C66H82O13Si. The van der Waals surface area contributed by atoms with Crippen LogP contribution >= 0.6 is 0 Å². The van der Waals surface area contributed by atoms with Gasteiger partial charge in [0, 0.05) is 13.2 Å². The van der Waals surface area contributed by atoms with Gasteiger partial charge in [-0.05, 0) is 105 Å².